The van der Waals surface area contributed by atoms with E-state index in [0.717, 1.165) is 50.9 Å². The summed E-state index contributed by atoms with van der Waals surface area (Å²) >= 11 is 0. The van der Waals surface area contributed by atoms with Crippen molar-refractivity contribution in [1.82, 2.24) is 19.8 Å². The lowest BCUT2D eigenvalue weighted by Gasteiger charge is -2.27. The van der Waals surface area contributed by atoms with Crippen molar-refractivity contribution in [3.63, 3.8) is 0 Å². The van der Waals surface area contributed by atoms with Crippen LogP contribution in [0.1, 0.15) is 24.1 Å². The second-order valence-corrected chi connectivity index (χ2v) is 4.90. The van der Waals surface area contributed by atoms with Crippen LogP contribution in [0.2, 0.25) is 0 Å². The highest BCUT2D eigenvalue weighted by Crippen LogP contribution is 2.17. The number of furan rings is 1. The fraction of sp³-hybridized carbons (Fsp3) is 0.500. The first-order valence-electron chi connectivity index (χ1n) is 6.85. The van der Waals surface area contributed by atoms with Gasteiger partial charge in [0.2, 0.25) is 0 Å². The maximum absolute atomic E-state index is 5.63. The number of imidazole rings is 1. The SMILES string of the molecule is CCNCc1ccoc1CN1CCn2ccnc2C1. The van der Waals surface area contributed by atoms with Crippen LogP contribution in [0.25, 0.3) is 0 Å². The van der Waals surface area contributed by atoms with Crippen LogP contribution in [0.5, 0.6) is 0 Å². The normalized spacial score (nSPS) is 15.6. The summed E-state index contributed by atoms with van der Waals surface area (Å²) in [6.45, 7) is 7.79. The highest BCUT2D eigenvalue weighted by molar-refractivity contribution is 5.17. The molecule has 5 nitrogen and oxygen atoms in total. The number of hydrogen-bond donors (Lipinski definition) is 1. The number of nitrogens with one attached hydrogen (secondary N) is 1. The molecule has 102 valence electrons. The molecule has 3 rings (SSSR count). The van der Waals surface area contributed by atoms with Gasteiger partial charge < -0.3 is 14.3 Å². The molecule has 0 radical (unpaired) electrons. The molecule has 0 aromatic carbocycles. The Bertz CT molecular complexity index is 531. The predicted molar refractivity (Wildman–Crippen MR) is 72.4 cm³/mol. The lowest BCUT2D eigenvalue weighted by Crippen LogP contribution is -2.33. The standard InChI is InChI=1S/C14H20N4O/c1-2-15-9-12-3-8-19-13(12)10-17-6-7-18-5-4-16-14(18)11-17/h3-5,8,15H,2,6-7,9-11H2,1H3. The Labute approximate surface area is 113 Å². The molecule has 2 aromatic heterocycles. The first kappa shape index (κ1) is 12.4. The molecule has 19 heavy (non-hydrogen) atoms. The van der Waals surface area contributed by atoms with Gasteiger partial charge in [-0.1, -0.05) is 6.92 Å². The van der Waals surface area contributed by atoms with Crippen molar-refractivity contribution in [2.45, 2.75) is 33.1 Å². The van der Waals surface area contributed by atoms with E-state index in [1.165, 1.54) is 5.56 Å². The third-order valence-electron chi connectivity index (χ3n) is 3.59. The van der Waals surface area contributed by atoms with Gasteiger partial charge in [-0.05, 0) is 12.6 Å². The third-order valence-corrected chi connectivity index (χ3v) is 3.59. The van der Waals surface area contributed by atoms with Gasteiger partial charge in [-0.3, -0.25) is 4.90 Å². The zero-order valence-corrected chi connectivity index (χ0v) is 11.3. The molecular weight excluding hydrogens is 240 g/mol. The van der Waals surface area contributed by atoms with Crippen LogP contribution < -0.4 is 5.32 Å². The average molecular weight is 260 g/mol. The number of nitrogens with zero attached hydrogens (tertiary/aromatic N) is 3. The van der Waals surface area contributed by atoms with Gasteiger partial charge in [-0.15, -0.1) is 0 Å². The van der Waals surface area contributed by atoms with Crippen molar-refractivity contribution in [2.24, 2.45) is 0 Å². The Balaban J connectivity index is 1.64. The topological polar surface area (TPSA) is 46.2 Å². The van der Waals surface area contributed by atoms with Crippen LogP contribution >= 0.6 is 0 Å². The van der Waals surface area contributed by atoms with Crippen molar-refractivity contribution >= 4 is 0 Å². The van der Waals surface area contributed by atoms with Gasteiger partial charge in [0.05, 0.1) is 19.4 Å². The number of aromatic nitrogens is 2. The first-order chi connectivity index (χ1) is 9.36. The summed E-state index contributed by atoms with van der Waals surface area (Å²) in [6.07, 6.45) is 5.71. The van der Waals surface area contributed by atoms with Gasteiger partial charge in [0.25, 0.3) is 0 Å². The van der Waals surface area contributed by atoms with Gasteiger partial charge in [-0.25, -0.2) is 4.98 Å². The molecule has 0 saturated heterocycles. The van der Waals surface area contributed by atoms with Crippen molar-refractivity contribution in [3.05, 3.63) is 41.9 Å². The molecule has 3 heterocycles. The molecule has 0 bridgehead atoms. The molecule has 5 heteroatoms. The van der Waals surface area contributed by atoms with E-state index in [4.69, 9.17) is 4.42 Å². The zero-order valence-electron chi connectivity index (χ0n) is 11.3. The highest BCUT2D eigenvalue weighted by Gasteiger charge is 2.18. The van der Waals surface area contributed by atoms with Gasteiger partial charge in [0.15, 0.2) is 0 Å². The lowest BCUT2D eigenvalue weighted by molar-refractivity contribution is 0.193. The van der Waals surface area contributed by atoms with Crippen LogP contribution in [0.4, 0.5) is 0 Å². The van der Waals surface area contributed by atoms with Crippen molar-refractivity contribution < 1.29 is 4.42 Å². The molecule has 0 amide bonds. The summed E-state index contributed by atoms with van der Waals surface area (Å²) in [7, 11) is 0. The molecule has 0 spiro atoms. The summed E-state index contributed by atoms with van der Waals surface area (Å²) < 4.78 is 7.85. The van der Waals surface area contributed by atoms with Crippen LogP contribution in [0.3, 0.4) is 0 Å². The Morgan fingerprint density at radius 1 is 1.42 bits per heavy atom. The summed E-state index contributed by atoms with van der Waals surface area (Å²) in [6, 6.07) is 2.06. The van der Waals surface area contributed by atoms with Crippen LogP contribution in [-0.4, -0.2) is 27.5 Å². The van der Waals surface area contributed by atoms with Crippen molar-refractivity contribution in [1.29, 1.82) is 0 Å². The fourth-order valence-corrected chi connectivity index (χ4v) is 2.48. The minimum absolute atomic E-state index is 0.862. The number of hydrogen-bond acceptors (Lipinski definition) is 4. The maximum atomic E-state index is 5.63. The summed E-state index contributed by atoms with van der Waals surface area (Å²) in [5.74, 6) is 2.21. The van der Waals surface area contributed by atoms with Gasteiger partial charge >= 0.3 is 0 Å². The molecule has 0 fully saturated rings. The summed E-state index contributed by atoms with van der Waals surface area (Å²) in [4.78, 5) is 6.77. The summed E-state index contributed by atoms with van der Waals surface area (Å²) in [5, 5.41) is 3.34. The molecule has 0 saturated carbocycles. The highest BCUT2D eigenvalue weighted by atomic mass is 16.3. The van der Waals surface area contributed by atoms with Crippen LogP contribution in [0.15, 0.2) is 29.1 Å². The smallest absolute Gasteiger partial charge is 0.122 e. The summed E-state index contributed by atoms with van der Waals surface area (Å²) in [5.41, 5.74) is 1.26. The minimum atomic E-state index is 0.862. The second kappa shape index (κ2) is 5.59. The Hall–Kier alpha value is -1.59. The molecule has 2 aromatic rings. The Morgan fingerprint density at radius 2 is 2.37 bits per heavy atom. The van der Waals surface area contributed by atoms with Gasteiger partial charge in [0, 0.05) is 37.6 Å². The monoisotopic (exact) mass is 260 g/mol. The largest absolute Gasteiger partial charge is 0.468 e. The van der Waals surface area contributed by atoms with Gasteiger partial charge in [0.1, 0.15) is 11.6 Å². The molecule has 1 aliphatic heterocycles. The van der Waals surface area contributed by atoms with Gasteiger partial charge in [-0.2, -0.15) is 0 Å². The molecule has 1 aliphatic rings. The second-order valence-electron chi connectivity index (χ2n) is 4.90. The minimum Gasteiger partial charge on any atom is -0.468 e. The molecule has 0 unspecified atom stereocenters. The van der Waals surface area contributed by atoms with E-state index in [9.17, 15) is 0 Å². The Morgan fingerprint density at radius 3 is 3.26 bits per heavy atom. The van der Waals surface area contributed by atoms with E-state index in [1.807, 2.05) is 6.20 Å². The lowest BCUT2D eigenvalue weighted by atomic mass is 10.2. The number of fused-ring (bicyclic) bond motifs is 1. The van der Waals surface area contributed by atoms with Crippen molar-refractivity contribution in [2.75, 3.05) is 13.1 Å². The fourth-order valence-electron chi connectivity index (χ4n) is 2.48. The van der Waals surface area contributed by atoms with E-state index in [2.05, 4.69) is 39.0 Å². The van der Waals surface area contributed by atoms with E-state index < -0.39 is 0 Å². The third kappa shape index (κ3) is 2.72. The molecule has 1 N–H and O–H groups in total. The quantitative estimate of drug-likeness (QED) is 0.887. The predicted octanol–water partition coefficient (Wildman–Crippen LogP) is 1.60. The first-order valence-corrected chi connectivity index (χ1v) is 6.85. The Kier molecular flexibility index (Phi) is 3.66. The van der Waals surface area contributed by atoms with Crippen molar-refractivity contribution in [3.8, 4) is 0 Å². The molecule has 0 atom stereocenters. The van der Waals surface area contributed by atoms with Crippen LogP contribution in [0, 0.1) is 0 Å². The van der Waals surface area contributed by atoms with E-state index >= 15 is 0 Å². The molecular formula is C14H20N4O. The zero-order chi connectivity index (χ0) is 13.1. The maximum Gasteiger partial charge on any atom is 0.122 e. The van der Waals surface area contributed by atoms with E-state index in [0.29, 0.717) is 0 Å². The molecule has 0 aliphatic carbocycles. The van der Waals surface area contributed by atoms with E-state index in [-0.39, 0.29) is 0 Å². The van der Waals surface area contributed by atoms with E-state index in [1.54, 1.807) is 6.26 Å². The number of rotatable bonds is 5. The van der Waals surface area contributed by atoms with Crippen LogP contribution in [-0.2, 0) is 26.2 Å². The average Bonchev–Trinajstić information content (AvgIpc) is 3.05.